The number of hydrogen-bond acceptors (Lipinski definition) is 1. The second-order valence-corrected chi connectivity index (χ2v) is 8.32. The van der Waals surface area contributed by atoms with E-state index in [1.165, 1.54) is 45.1 Å². The fourth-order valence-corrected chi connectivity index (χ4v) is 5.66. The minimum atomic E-state index is 0.830. The molecule has 1 saturated carbocycles. The Kier molecular flexibility index (Phi) is 6.17. The molecule has 0 aromatic carbocycles. The molecule has 2 aliphatic rings. The predicted octanol–water partition coefficient (Wildman–Crippen LogP) is 5.59. The lowest BCUT2D eigenvalue weighted by Gasteiger charge is -2.58. The molecule has 0 bridgehead atoms. The quantitative estimate of drug-likeness (QED) is 0.591. The van der Waals surface area contributed by atoms with E-state index in [-0.39, 0.29) is 0 Å². The Labute approximate surface area is 133 Å². The van der Waals surface area contributed by atoms with Crippen LogP contribution in [-0.2, 0) is 0 Å². The molecule has 1 nitrogen and oxygen atoms in total. The Hall–Kier alpha value is -0.0400. The SMILES string of the molecule is CCCC(C)CCN1C(C)C(C2C(C)CCC2C)C1CC. The van der Waals surface area contributed by atoms with Gasteiger partial charge in [0.1, 0.15) is 0 Å². The zero-order valence-corrected chi connectivity index (χ0v) is 15.4. The molecular weight excluding hydrogens is 254 g/mol. The molecule has 124 valence electrons. The summed E-state index contributed by atoms with van der Waals surface area (Å²) in [5.74, 6) is 4.80. The highest BCUT2D eigenvalue weighted by molar-refractivity contribution is 5.04. The van der Waals surface area contributed by atoms with Crippen molar-refractivity contribution in [1.29, 1.82) is 0 Å². The van der Waals surface area contributed by atoms with Gasteiger partial charge in [-0.2, -0.15) is 0 Å². The molecule has 0 spiro atoms. The van der Waals surface area contributed by atoms with Gasteiger partial charge in [0.25, 0.3) is 0 Å². The summed E-state index contributed by atoms with van der Waals surface area (Å²) in [6, 6.07) is 1.71. The Bertz CT molecular complexity index is 303. The fourth-order valence-electron chi connectivity index (χ4n) is 5.66. The summed E-state index contributed by atoms with van der Waals surface area (Å²) in [4.78, 5) is 2.84. The molecular formula is C20H39N. The van der Waals surface area contributed by atoms with Gasteiger partial charge < -0.3 is 0 Å². The molecule has 6 atom stereocenters. The maximum Gasteiger partial charge on any atom is 0.0141 e. The number of nitrogens with zero attached hydrogens (tertiary/aromatic N) is 1. The van der Waals surface area contributed by atoms with Crippen molar-refractivity contribution in [3.8, 4) is 0 Å². The monoisotopic (exact) mass is 293 g/mol. The van der Waals surface area contributed by atoms with Crippen LogP contribution in [0.15, 0.2) is 0 Å². The van der Waals surface area contributed by atoms with Gasteiger partial charge in [0.2, 0.25) is 0 Å². The van der Waals surface area contributed by atoms with Crippen LogP contribution >= 0.6 is 0 Å². The number of hydrogen-bond donors (Lipinski definition) is 0. The smallest absolute Gasteiger partial charge is 0.0141 e. The van der Waals surface area contributed by atoms with Gasteiger partial charge in [-0.1, -0.05) is 60.3 Å². The number of likely N-dealkylation sites (tertiary alicyclic amines) is 1. The summed E-state index contributed by atoms with van der Waals surface area (Å²) in [5.41, 5.74) is 0. The Morgan fingerprint density at radius 2 is 1.57 bits per heavy atom. The van der Waals surface area contributed by atoms with Crippen molar-refractivity contribution < 1.29 is 0 Å². The van der Waals surface area contributed by atoms with E-state index < -0.39 is 0 Å². The lowest BCUT2D eigenvalue weighted by molar-refractivity contribution is -0.0951. The van der Waals surface area contributed by atoms with Gasteiger partial charge in [-0.25, -0.2) is 0 Å². The van der Waals surface area contributed by atoms with Gasteiger partial charge in [0.05, 0.1) is 0 Å². The van der Waals surface area contributed by atoms with Crippen LogP contribution < -0.4 is 0 Å². The Balaban J connectivity index is 1.92. The minimum absolute atomic E-state index is 0.830. The van der Waals surface area contributed by atoms with Gasteiger partial charge in [0, 0.05) is 12.1 Å². The van der Waals surface area contributed by atoms with E-state index >= 15 is 0 Å². The lowest BCUT2D eigenvalue weighted by atomic mass is 9.66. The van der Waals surface area contributed by atoms with Gasteiger partial charge in [-0.15, -0.1) is 0 Å². The standard InChI is InChI=1S/C20H39N/c1-7-9-14(3)12-13-21-17(6)20(18(21)8-2)19-15(4)10-11-16(19)5/h14-20H,7-13H2,1-6H3. The summed E-state index contributed by atoms with van der Waals surface area (Å²) >= 11 is 0. The molecule has 6 unspecified atom stereocenters. The van der Waals surface area contributed by atoms with Crippen molar-refractivity contribution in [3.05, 3.63) is 0 Å². The average Bonchev–Trinajstić information content (AvgIpc) is 2.76. The van der Waals surface area contributed by atoms with Crippen molar-refractivity contribution in [2.75, 3.05) is 6.54 Å². The molecule has 1 heterocycles. The van der Waals surface area contributed by atoms with Crippen molar-refractivity contribution in [3.63, 3.8) is 0 Å². The van der Waals surface area contributed by atoms with Crippen LogP contribution in [0.3, 0.4) is 0 Å². The summed E-state index contributed by atoms with van der Waals surface area (Å²) in [6.07, 6.45) is 8.44. The van der Waals surface area contributed by atoms with E-state index in [9.17, 15) is 0 Å². The molecule has 0 N–H and O–H groups in total. The molecule has 1 saturated heterocycles. The van der Waals surface area contributed by atoms with E-state index in [0.29, 0.717) is 0 Å². The Morgan fingerprint density at radius 3 is 2.10 bits per heavy atom. The summed E-state index contributed by atoms with van der Waals surface area (Å²) in [5, 5.41) is 0. The van der Waals surface area contributed by atoms with E-state index in [0.717, 1.165) is 41.7 Å². The van der Waals surface area contributed by atoms with Crippen LogP contribution in [0.2, 0.25) is 0 Å². The first-order valence-electron chi connectivity index (χ1n) is 9.76. The van der Waals surface area contributed by atoms with Crippen LogP contribution in [0.1, 0.15) is 80.1 Å². The van der Waals surface area contributed by atoms with Crippen molar-refractivity contribution in [2.24, 2.45) is 29.6 Å². The zero-order valence-electron chi connectivity index (χ0n) is 15.4. The zero-order chi connectivity index (χ0) is 15.6. The predicted molar refractivity (Wildman–Crippen MR) is 93.5 cm³/mol. The van der Waals surface area contributed by atoms with Crippen LogP contribution in [0, 0.1) is 29.6 Å². The fraction of sp³-hybridized carbons (Fsp3) is 1.00. The van der Waals surface area contributed by atoms with Gasteiger partial charge in [0.15, 0.2) is 0 Å². The highest BCUT2D eigenvalue weighted by Gasteiger charge is 2.51. The van der Waals surface area contributed by atoms with Crippen LogP contribution in [0.4, 0.5) is 0 Å². The second-order valence-electron chi connectivity index (χ2n) is 8.32. The first-order chi connectivity index (χ1) is 10.0. The maximum atomic E-state index is 2.84. The highest BCUT2D eigenvalue weighted by atomic mass is 15.3. The molecule has 21 heavy (non-hydrogen) atoms. The molecule has 2 rings (SSSR count). The molecule has 1 heteroatoms. The second kappa shape index (κ2) is 7.49. The lowest BCUT2D eigenvalue weighted by Crippen LogP contribution is -2.65. The normalized spacial score (nSPS) is 42.0. The summed E-state index contributed by atoms with van der Waals surface area (Å²) < 4.78 is 0. The van der Waals surface area contributed by atoms with Crippen LogP contribution in [0.5, 0.6) is 0 Å². The van der Waals surface area contributed by atoms with Crippen molar-refractivity contribution in [1.82, 2.24) is 4.90 Å². The van der Waals surface area contributed by atoms with Gasteiger partial charge in [-0.05, 0) is 55.9 Å². The van der Waals surface area contributed by atoms with E-state index in [1.807, 2.05) is 0 Å². The third-order valence-corrected chi connectivity index (χ3v) is 6.87. The molecule has 1 aliphatic heterocycles. The van der Waals surface area contributed by atoms with Crippen molar-refractivity contribution in [2.45, 2.75) is 92.2 Å². The van der Waals surface area contributed by atoms with E-state index in [1.54, 1.807) is 0 Å². The van der Waals surface area contributed by atoms with Crippen LogP contribution in [-0.4, -0.2) is 23.5 Å². The average molecular weight is 294 g/mol. The molecule has 0 aromatic heterocycles. The largest absolute Gasteiger partial charge is 0.297 e. The maximum absolute atomic E-state index is 2.84. The van der Waals surface area contributed by atoms with Gasteiger partial charge in [-0.3, -0.25) is 4.90 Å². The third kappa shape index (κ3) is 3.49. The molecule has 1 aliphatic carbocycles. The molecule has 0 amide bonds. The highest BCUT2D eigenvalue weighted by Crippen LogP contribution is 2.50. The van der Waals surface area contributed by atoms with Gasteiger partial charge >= 0.3 is 0 Å². The minimum Gasteiger partial charge on any atom is -0.297 e. The topological polar surface area (TPSA) is 3.24 Å². The number of rotatable bonds is 7. The Morgan fingerprint density at radius 1 is 0.952 bits per heavy atom. The first-order valence-corrected chi connectivity index (χ1v) is 9.76. The summed E-state index contributed by atoms with van der Waals surface area (Å²) in [7, 11) is 0. The van der Waals surface area contributed by atoms with E-state index in [2.05, 4.69) is 46.4 Å². The molecule has 0 aromatic rings. The van der Waals surface area contributed by atoms with E-state index in [4.69, 9.17) is 0 Å². The van der Waals surface area contributed by atoms with Crippen molar-refractivity contribution >= 4 is 0 Å². The molecule has 2 fully saturated rings. The molecule has 0 radical (unpaired) electrons. The van der Waals surface area contributed by atoms with Crippen LogP contribution in [0.25, 0.3) is 0 Å². The third-order valence-electron chi connectivity index (χ3n) is 6.87. The first kappa shape index (κ1) is 17.3. The summed E-state index contributed by atoms with van der Waals surface area (Å²) in [6.45, 7) is 16.0.